The Morgan fingerprint density at radius 1 is 1.43 bits per heavy atom. The molecule has 0 aliphatic carbocycles. The Bertz CT molecular complexity index is 739. The lowest BCUT2D eigenvalue weighted by molar-refractivity contribution is -0.386. The monoisotopic (exact) mass is 328 g/mol. The van der Waals surface area contributed by atoms with Crippen molar-refractivity contribution >= 4 is 11.6 Å². The minimum absolute atomic E-state index is 0.0630. The van der Waals surface area contributed by atoms with Crippen LogP contribution in [0, 0.1) is 24.0 Å². The molecule has 23 heavy (non-hydrogen) atoms. The highest BCUT2D eigenvalue weighted by atomic mass is 19.3. The second-order valence-corrected chi connectivity index (χ2v) is 4.71. The smallest absolute Gasteiger partial charge is 0.333 e. The van der Waals surface area contributed by atoms with Crippen molar-refractivity contribution in [2.45, 2.75) is 26.9 Å². The van der Waals surface area contributed by atoms with E-state index in [9.17, 15) is 23.7 Å². The van der Waals surface area contributed by atoms with Gasteiger partial charge in [0.15, 0.2) is 0 Å². The van der Waals surface area contributed by atoms with Crippen molar-refractivity contribution in [1.29, 1.82) is 0 Å². The van der Waals surface area contributed by atoms with Crippen LogP contribution < -0.4 is 5.32 Å². The van der Waals surface area contributed by atoms with Crippen LogP contribution in [0.3, 0.4) is 0 Å². The van der Waals surface area contributed by atoms with Crippen LogP contribution >= 0.6 is 0 Å². The molecule has 0 unspecified atom stereocenters. The molecule has 0 fully saturated rings. The molecular weight excluding hydrogens is 314 g/mol. The van der Waals surface area contributed by atoms with E-state index in [-0.39, 0.29) is 30.2 Å². The third-order valence-electron chi connectivity index (χ3n) is 3.18. The van der Waals surface area contributed by atoms with Gasteiger partial charge in [0.05, 0.1) is 11.5 Å². The van der Waals surface area contributed by atoms with Gasteiger partial charge >= 0.3 is 12.2 Å². The van der Waals surface area contributed by atoms with E-state index in [1.54, 1.807) is 6.92 Å². The van der Waals surface area contributed by atoms with Crippen LogP contribution in [-0.2, 0) is 6.54 Å². The molecule has 0 atom stereocenters. The first-order valence-corrected chi connectivity index (χ1v) is 6.61. The number of nitro groups is 1. The molecule has 2 rings (SSSR count). The summed E-state index contributed by atoms with van der Waals surface area (Å²) in [5, 5.41) is 20.9. The van der Waals surface area contributed by atoms with Crippen molar-refractivity contribution in [1.82, 2.24) is 24.9 Å². The van der Waals surface area contributed by atoms with E-state index in [1.165, 1.54) is 17.7 Å². The van der Waals surface area contributed by atoms with Crippen molar-refractivity contribution in [3.63, 3.8) is 0 Å². The average molecular weight is 328 g/mol. The lowest BCUT2D eigenvalue weighted by atomic mass is 10.3. The fraction of sp³-hybridized carbons (Fsp3) is 0.417. The van der Waals surface area contributed by atoms with E-state index in [2.05, 4.69) is 15.5 Å². The number of halogens is 2. The molecule has 1 amide bonds. The van der Waals surface area contributed by atoms with Crippen LogP contribution in [0.4, 0.5) is 14.5 Å². The fourth-order valence-electron chi connectivity index (χ4n) is 2.10. The second kappa shape index (κ2) is 6.50. The summed E-state index contributed by atoms with van der Waals surface area (Å²) in [6.45, 7) is 0.606. The Kier molecular flexibility index (Phi) is 4.67. The zero-order chi connectivity index (χ0) is 17.1. The second-order valence-electron chi connectivity index (χ2n) is 4.71. The summed E-state index contributed by atoms with van der Waals surface area (Å²) in [7, 11) is 0. The van der Waals surface area contributed by atoms with E-state index in [0.29, 0.717) is 10.4 Å². The number of hydrogen-bond donors (Lipinski definition) is 1. The normalized spacial score (nSPS) is 11.0. The van der Waals surface area contributed by atoms with E-state index in [4.69, 9.17) is 0 Å². The summed E-state index contributed by atoms with van der Waals surface area (Å²) in [5.41, 5.74) is 0.467. The van der Waals surface area contributed by atoms with E-state index >= 15 is 0 Å². The predicted octanol–water partition coefficient (Wildman–Crippen LogP) is 1.43. The van der Waals surface area contributed by atoms with Crippen LogP contribution in [-0.4, -0.2) is 36.9 Å². The van der Waals surface area contributed by atoms with Gasteiger partial charge in [-0.05, 0) is 19.9 Å². The fourth-order valence-corrected chi connectivity index (χ4v) is 2.10. The number of nitrogens with one attached hydrogen (secondary N) is 1. The van der Waals surface area contributed by atoms with Gasteiger partial charge in [0.2, 0.25) is 0 Å². The molecular formula is C12H14F2N6O3. The minimum Gasteiger partial charge on any atom is -0.349 e. The first-order valence-electron chi connectivity index (χ1n) is 6.61. The number of amides is 1. The zero-order valence-electron chi connectivity index (χ0n) is 12.4. The van der Waals surface area contributed by atoms with Gasteiger partial charge in [-0.2, -0.15) is 19.0 Å². The van der Waals surface area contributed by atoms with Crippen LogP contribution in [0.25, 0.3) is 0 Å². The van der Waals surface area contributed by atoms with Gasteiger partial charge in [0.1, 0.15) is 17.1 Å². The maximum Gasteiger partial charge on any atom is 0.333 e. The molecule has 0 radical (unpaired) electrons. The van der Waals surface area contributed by atoms with Gasteiger partial charge in [-0.3, -0.25) is 19.6 Å². The number of carbonyl (C=O) groups excluding carboxylic acids is 1. The Hall–Kier alpha value is -2.85. The molecule has 0 spiro atoms. The van der Waals surface area contributed by atoms with Crippen molar-refractivity contribution < 1.29 is 18.5 Å². The third-order valence-corrected chi connectivity index (χ3v) is 3.18. The quantitative estimate of drug-likeness (QED) is 0.637. The summed E-state index contributed by atoms with van der Waals surface area (Å²) in [6, 6.07) is 1.18. The van der Waals surface area contributed by atoms with Gasteiger partial charge in [0.25, 0.3) is 5.91 Å². The highest BCUT2D eigenvalue weighted by Crippen LogP contribution is 2.21. The number of aromatic nitrogens is 4. The Morgan fingerprint density at radius 3 is 2.65 bits per heavy atom. The average Bonchev–Trinajstić information content (AvgIpc) is 3.04. The number of alkyl halides is 2. The number of rotatable bonds is 6. The molecule has 1 N–H and O–H groups in total. The van der Waals surface area contributed by atoms with Gasteiger partial charge < -0.3 is 5.32 Å². The summed E-state index contributed by atoms with van der Waals surface area (Å²) >= 11 is 0. The number of carbonyl (C=O) groups is 1. The largest absolute Gasteiger partial charge is 0.349 e. The van der Waals surface area contributed by atoms with Gasteiger partial charge in [-0.25, -0.2) is 4.68 Å². The molecule has 0 aliphatic heterocycles. The molecule has 9 nitrogen and oxygen atoms in total. The van der Waals surface area contributed by atoms with E-state index in [1.807, 2.05) is 0 Å². The summed E-state index contributed by atoms with van der Waals surface area (Å²) in [5.74, 6) is -0.611. The third kappa shape index (κ3) is 3.49. The molecule has 2 aromatic heterocycles. The highest BCUT2D eigenvalue weighted by molar-refractivity contribution is 5.92. The summed E-state index contributed by atoms with van der Waals surface area (Å²) < 4.78 is 26.5. The maximum absolute atomic E-state index is 12.4. The highest BCUT2D eigenvalue weighted by Gasteiger charge is 2.21. The zero-order valence-corrected chi connectivity index (χ0v) is 12.4. The maximum atomic E-state index is 12.4. The molecule has 11 heteroatoms. The summed E-state index contributed by atoms with van der Waals surface area (Å²) in [4.78, 5) is 22.1. The molecule has 0 saturated carbocycles. The molecule has 124 valence electrons. The number of aryl methyl sites for hydroxylation is 1. The lowest BCUT2D eigenvalue weighted by Gasteiger charge is -2.05. The van der Waals surface area contributed by atoms with Crippen molar-refractivity contribution in [3.8, 4) is 0 Å². The van der Waals surface area contributed by atoms with Gasteiger partial charge in [0, 0.05) is 12.7 Å². The molecule has 2 heterocycles. The molecule has 0 aliphatic rings. The molecule has 0 aromatic carbocycles. The Labute approximate surface area is 129 Å². The SMILES string of the molecule is Cc1nn(CCNC(=O)c2ccn(C(F)F)n2)c(C)c1[N+](=O)[O-]. The van der Waals surface area contributed by atoms with Crippen LogP contribution in [0.2, 0.25) is 0 Å². The minimum atomic E-state index is -2.81. The van der Waals surface area contributed by atoms with Crippen LogP contribution in [0.5, 0.6) is 0 Å². The first kappa shape index (κ1) is 16.5. The standard InChI is InChI=1S/C12H14F2N6O3/c1-7-10(20(22)23)8(2)18(16-7)6-4-15-11(21)9-3-5-19(17-9)12(13)14/h3,5,12H,4,6H2,1-2H3,(H,15,21). The van der Waals surface area contributed by atoms with Crippen LogP contribution in [0.1, 0.15) is 28.4 Å². The van der Waals surface area contributed by atoms with E-state index in [0.717, 1.165) is 6.20 Å². The number of hydrogen-bond acceptors (Lipinski definition) is 5. The van der Waals surface area contributed by atoms with Crippen molar-refractivity contribution in [2.75, 3.05) is 6.54 Å². The first-order chi connectivity index (χ1) is 10.8. The van der Waals surface area contributed by atoms with Gasteiger partial charge in [-0.1, -0.05) is 0 Å². The molecule has 2 aromatic rings. The Morgan fingerprint density at radius 2 is 2.13 bits per heavy atom. The Balaban J connectivity index is 1.95. The van der Waals surface area contributed by atoms with Crippen molar-refractivity contribution in [2.24, 2.45) is 0 Å². The molecule has 0 bridgehead atoms. The predicted molar refractivity (Wildman–Crippen MR) is 74.2 cm³/mol. The summed E-state index contributed by atoms with van der Waals surface area (Å²) in [6.07, 6.45) is 1.00. The van der Waals surface area contributed by atoms with Crippen molar-refractivity contribution in [3.05, 3.63) is 39.5 Å². The number of nitrogens with zero attached hydrogens (tertiary/aromatic N) is 5. The van der Waals surface area contributed by atoms with E-state index < -0.39 is 17.4 Å². The topological polar surface area (TPSA) is 108 Å². The molecule has 0 saturated heterocycles. The lowest BCUT2D eigenvalue weighted by Crippen LogP contribution is -2.28. The van der Waals surface area contributed by atoms with Gasteiger partial charge in [-0.15, -0.1) is 0 Å². The van der Waals surface area contributed by atoms with Crippen LogP contribution in [0.15, 0.2) is 12.3 Å².